The van der Waals surface area contributed by atoms with E-state index in [1.165, 1.54) is 22.5 Å². The standard InChI is InChI=1S/C18H25N3OS2/c1-4-6-7-15(5-2)16(22)19-17-20-21-18(24-17)23-12-14-10-8-13(3)9-11-14/h8-11,15H,4-7,12H2,1-3H3,(H,19,20,22)/t15-/m0/s1. The molecule has 0 spiro atoms. The molecule has 0 radical (unpaired) electrons. The quantitative estimate of drug-likeness (QED) is 0.485. The van der Waals surface area contributed by atoms with E-state index in [0.717, 1.165) is 35.8 Å². The summed E-state index contributed by atoms with van der Waals surface area (Å²) in [7, 11) is 0. The predicted molar refractivity (Wildman–Crippen MR) is 103 cm³/mol. The van der Waals surface area contributed by atoms with E-state index in [0.29, 0.717) is 5.13 Å². The Bertz CT molecular complexity index is 640. The van der Waals surface area contributed by atoms with Crippen molar-refractivity contribution in [1.82, 2.24) is 10.2 Å². The Morgan fingerprint density at radius 1 is 1.25 bits per heavy atom. The van der Waals surface area contributed by atoms with Crippen molar-refractivity contribution in [3.63, 3.8) is 0 Å². The van der Waals surface area contributed by atoms with Crippen LogP contribution in [0.15, 0.2) is 28.6 Å². The molecular formula is C18H25N3OS2. The van der Waals surface area contributed by atoms with Crippen LogP contribution in [0.3, 0.4) is 0 Å². The molecule has 0 unspecified atom stereocenters. The number of aryl methyl sites for hydroxylation is 1. The number of rotatable bonds is 9. The average molecular weight is 364 g/mol. The monoisotopic (exact) mass is 363 g/mol. The van der Waals surface area contributed by atoms with Crippen molar-refractivity contribution in [2.24, 2.45) is 5.92 Å². The SMILES string of the molecule is CCCC[C@H](CC)C(=O)Nc1nnc(SCc2ccc(C)cc2)s1. The van der Waals surface area contributed by atoms with Crippen molar-refractivity contribution < 1.29 is 4.79 Å². The molecule has 1 amide bonds. The lowest BCUT2D eigenvalue weighted by Crippen LogP contribution is -2.22. The molecule has 1 aromatic heterocycles. The largest absolute Gasteiger partial charge is 0.300 e. The number of nitrogens with one attached hydrogen (secondary N) is 1. The third kappa shape index (κ3) is 5.91. The number of carbonyl (C=O) groups excluding carboxylic acids is 1. The summed E-state index contributed by atoms with van der Waals surface area (Å²) < 4.78 is 0.882. The fraction of sp³-hybridized carbons (Fsp3) is 0.500. The van der Waals surface area contributed by atoms with Crippen LogP contribution in [0.25, 0.3) is 0 Å². The molecule has 130 valence electrons. The number of benzene rings is 1. The number of amides is 1. The third-order valence-electron chi connectivity index (χ3n) is 3.89. The molecule has 0 fully saturated rings. The smallest absolute Gasteiger partial charge is 0.229 e. The van der Waals surface area contributed by atoms with Crippen LogP contribution in [0.4, 0.5) is 5.13 Å². The van der Waals surface area contributed by atoms with E-state index >= 15 is 0 Å². The fourth-order valence-corrected chi connectivity index (χ4v) is 4.04. The summed E-state index contributed by atoms with van der Waals surface area (Å²) in [5, 5.41) is 11.8. The Kier molecular flexibility index (Phi) is 7.72. The van der Waals surface area contributed by atoms with Crippen LogP contribution >= 0.6 is 23.1 Å². The molecule has 2 rings (SSSR count). The number of hydrogen-bond acceptors (Lipinski definition) is 5. The number of aromatic nitrogens is 2. The average Bonchev–Trinajstić information content (AvgIpc) is 3.02. The Balaban J connectivity index is 1.85. The molecule has 0 saturated heterocycles. The van der Waals surface area contributed by atoms with Crippen LogP contribution in [0.1, 0.15) is 50.7 Å². The molecule has 1 atom stereocenters. The Labute approximate surface area is 152 Å². The Morgan fingerprint density at radius 2 is 2.00 bits per heavy atom. The zero-order valence-electron chi connectivity index (χ0n) is 14.5. The van der Waals surface area contributed by atoms with Gasteiger partial charge in [-0.1, -0.05) is 79.6 Å². The molecule has 0 bridgehead atoms. The van der Waals surface area contributed by atoms with Crippen LogP contribution in [-0.4, -0.2) is 16.1 Å². The molecule has 0 aliphatic rings. The third-order valence-corrected chi connectivity index (χ3v) is 5.93. The van der Waals surface area contributed by atoms with Gasteiger partial charge in [-0.15, -0.1) is 10.2 Å². The topological polar surface area (TPSA) is 54.9 Å². The second-order valence-electron chi connectivity index (χ2n) is 5.88. The highest BCUT2D eigenvalue weighted by Crippen LogP contribution is 2.29. The van der Waals surface area contributed by atoms with Gasteiger partial charge in [-0.05, 0) is 25.3 Å². The van der Waals surface area contributed by atoms with Crippen molar-refractivity contribution in [1.29, 1.82) is 0 Å². The van der Waals surface area contributed by atoms with Gasteiger partial charge >= 0.3 is 0 Å². The normalized spacial score (nSPS) is 12.1. The predicted octanol–water partition coefficient (Wildman–Crippen LogP) is 5.29. The summed E-state index contributed by atoms with van der Waals surface area (Å²) in [5.41, 5.74) is 2.52. The van der Waals surface area contributed by atoms with E-state index in [1.807, 2.05) is 0 Å². The van der Waals surface area contributed by atoms with Gasteiger partial charge in [0, 0.05) is 11.7 Å². The zero-order chi connectivity index (χ0) is 17.4. The van der Waals surface area contributed by atoms with Gasteiger partial charge in [0.2, 0.25) is 11.0 Å². The summed E-state index contributed by atoms with van der Waals surface area (Å²) in [6.07, 6.45) is 3.99. The second kappa shape index (κ2) is 9.79. The van der Waals surface area contributed by atoms with Crippen LogP contribution in [0, 0.1) is 12.8 Å². The maximum absolute atomic E-state index is 12.3. The molecule has 1 aromatic carbocycles. The maximum atomic E-state index is 12.3. The number of carbonyl (C=O) groups is 1. The summed E-state index contributed by atoms with van der Waals surface area (Å²) in [6.45, 7) is 6.29. The van der Waals surface area contributed by atoms with E-state index in [4.69, 9.17) is 0 Å². The lowest BCUT2D eigenvalue weighted by atomic mass is 9.99. The minimum Gasteiger partial charge on any atom is -0.300 e. The number of anilines is 1. The summed E-state index contributed by atoms with van der Waals surface area (Å²) >= 11 is 3.09. The van der Waals surface area contributed by atoms with E-state index in [9.17, 15) is 4.79 Å². The minimum atomic E-state index is 0.0668. The van der Waals surface area contributed by atoms with Gasteiger partial charge in [-0.25, -0.2) is 0 Å². The first-order valence-corrected chi connectivity index (χ1v) is 10.2. The van der Waals surface area contributed by atoms with Gasteiger partial charge in [0.25, 0.3) is 0 Å². The molecular weight excluding hydrogens is 338 g/mol. The first-order chi connectivity index (χ1) is 11.6. The summed E-state index contributed by atoms with van der Waals surface area (Å²) in [6, 6.07) is 8.49. The number of hydrogen-bond donors (Lipinski definition) is 1. The molecule has 2 aromatic rings. The van der Waals surface area contributed by atoms with E-state index in [1.54, 1.807) is 11.8 Å². The van der Waals surface area contributed by atoms with Crippen LogP contribution in [0.5, 0.6) is 0 Å². The van der Waals surface area contributed by atoms with Gasteiger partial charge < -0.3 is 5.32 Å². The molecule has 6 heteroatoms. The fourth-order valence-electron chi connectivity index (χ4n) is 2.33. The molecule has 24 heavy (non-hydrogen) atoms. The Morgan fingerprint density at radius 3 is 2.67 bits per heavy atom. The highest BCUT2D eigenvalue weighted by atomic mass is 32.2. The zero-order valence-corrected chi connectivity index (χ0v) is 16.2. The lowest BCUT2D eigenvalue weighted by molar-refractivity contribution is -0.120. The second-order valence-corrected chi connectivity index (χ2v) is 8.08. The molecule has 0 aliphatic carbocycles. The highest BCUT2D eigenvalue weighted by Gasteiger charge is 2.17. The van der Waals surface area contributed by atoms with Crippen LogP contribution in [0.2, 0.25) is 0 Å². The van der Waals surface area contributed by atoms with Crippen molar-refractivity contribution in [2.75, 3.05) is 5.32 Å². The van der Waals surface area contributed by atoms with E-state index in [2.05, 4.69) is 60.6 Å². The van der Waals surface area contributed by atoms with Gasteiger partial charge in [0.05, 0.1) is 0 Å². The van der Waals surface area contributed by atoms with E-state index < -0.39 is 0 Å². The van der Waals surface area contributed by atoms with Gasteiger partial charge in [0.15, 0.2) is 4.34 Å². The van der Waals surface area contributed by atoms with Crippen molar-refractivity contribution in [3.05, 3.63) is 35.4 Å². The molecule has 0 saturated carbocycles. The van der Waals surface area contributed by atoms with Gasteiger partial charge in [-0.2, -0.15) is 0 Å². The summed E-state index contributed by atoms with van der Waals surface area (Å²) in [5.74, 6) is 0.992. The first kappa shape index (κ1) is 18.9. The molecule has 1 heterocycles. The molecule has 4 nitrogen and oxygen atoms in total. The van der Waals surface area contributed by atoms with Crippen molar-refractivity contribution >= 4 is 34.1 Å². The number of thioether (sulfide) groups is 1. The number of nitrogens with zero attached hydrogens (tertiary/aromatic N) is 2. The molecule has 1 N–H and O–H groups in total. The minimum absolute atomic E-state index is 0.0668. The van der Waals surface area contributed by atoms with Crippen LogP contribution < -0.4 is 5.32 Å². The van der Waals surface area contributed by atoms with Gasteiger partial charge in [0.1, 0.15) is 0 Å². The van der Waals surface area contributed by atoms with E-state index in [-0.39, 0.29) is 11.8 Å². The maximum Gasteiger partial charge on any atom is 0.229 e. The summed E-state index contributed by atoms with van der Waals surface area (Å²) in [4.78, 5) is 12.3. The van der Waals surface area contributed by atoms with Crippen LogP contribution in [-0.2, 0) is 10.5 Å². The number of unbranched alkanes of at least 4 members (excludes halogenated alkanes) is 1. The first-order valence-electron chi connectivity index (χ1n) is 8.45. The van der Waals surface area contributed by atoms with Gasteiger partial charge in [-0.3, -0.25) is 4.79 Å². The Hall–Kier alpha value is -1.40. The van der Waals surface area contributed by atoms with Crippen molar-refractivity contribution in [2.45, 2.75) is 56.5 Å². The lowest BCUT2D eigenvalue weighted by Gasteiger charge is -2.12. The highest BCUT2D eigenvalue weighted by molar-refractivity contribution is 8.00. The van der Waals surface area contributed by atoms with Crippen molar-refractivity contribution in [3.8, 4) is 0 Å². The molecule has 0 aliphatic heterocycles.